The van der Waals surface area contributed by atoms with Crippen molar-refractivity contribution < 1.29 is 13.9 Å². The standard InChI is InChI=1S/C24H21FN8O2/c1-14(15-3-5-18(25)6-4-15)33-13-19(12-28-33)29-22(34)20-9-17(11-27-23(20)35-2)16-7-8-32-21(10-16)30-24(26)31-32/h3-14H,1-2H3,(H2,26,31)(H,29,34)/t14-/m0/s1. The Labute approximate surface area is 199 Å². The Morgan fingerprint density at radius 2 is 1.94 bits per heavy atom. The smallest absolute Gasteiger partial charge is 0.261 e. The molecule has 0 aliphatic carbocycles. The van der Waals surface area contributed by atoms with Gasteiger partial charge in [0.15, 0.2) is 5.65 Å². The van der Waals surface area contributed by atoms with Gasteiger partial charge in [0, 0.05) is 24.2 Å². The van der Waals surface area contributed by atoms with Crippen LogP contribution < -0.4 is 15.8 Å². The summed E-state index contributed by atoms with van der Waals surface area (Å²) < 4.78 is 21.8. The number of amides is 1. The molecule has 0 saturated heterocycles. The number of nitrogen functional groups attached to an aromatic ring is 1. The number of aromatic nitrogens is 6. The molecular formula is C24H21FN8O2. The number of benzene rings is 1. The number of anilines is 2. The Balaban J connectivity index is 1.39. The van der Waals surface area contributed by atoms with E-state index in [9.17, 15) is 9.18 Å². The van der Waals surface area contributed by atoms with Gasteiger partial charge in [-0.05, 0) is 48.4 Å². The van der Waals surface area contributed by atoms with Crippen LogP contribution in [0.15, 0.2) is 67.3 Å². The number of carbonyl (C=O) groups is 1. The number of hydrogen-bond acceptors (Lipinski definition) is 7. The molecule has 0 bridgehead atoms. The maximum atomic E-state index is 13.2. The lowest BCUT2D eigenvalue weighted by Gasteiger charge is -2.12. The Morgan fingerprint density at radius 3 is 2.71 bits per heavy atom. The Hall–Kier alpha value is -4.80. The largest absolute Gasteiger partial charge is 0.480 e. The lowest BCUT2D eigenvalue weighted by molar-refractivity contribution is 0.102. The molecule has 10 nitrogen and oxygen atoms in total. The lowest BCUT2D eigenvalue weighted by atomic mass is 10.1. The topological polar surface area (TPSA) is 125 Å². The van der Waals surface area contributed by atoms with Gasteiger partial charge in [-0.3, -0.25) is 9.48 Å². The van der Waals surface area contributed by atoms with Crippen LogP contribution in [-0.2, 0) is 0 Å². The second-order valence-corrected chi connectivity index (χ2v) is 7.86. The summed E-state index contributed by atoms with van der Waals surface area (Å²) in [6.07, 6.45) is 6.60. The van der Waals surface area contributed by atoms with Gasteiger partial charge in [0.1, 0.15) is 11.4 Å². The molecule has 0 aliphatic heterocycles. The zero-order valence-corrected chi connectivity index (χ0v) is 18.9. The van der Waals surface area contributed by atoms with E-state index in [1.807, 2.05) is 13.0 Å². The van der Waals surface area contributed by atoms with Crippen molar-refractivity contribution in [2.24, 2.45) is 0 Å². The van der Waals surface area contributed by atoms with Crippen LogP contribution in [0, 0.1) is 5.82 Å². The van der Waals surface area contributed by atoms with Crippen molar-refractivity contribution in [1.82, 2.24) is 29.4 Å². The Bertz CT molecular complexity index is 1530. The zero-order valence-electron chi connectivity index (χ0n) is 18.9. The maximum absolute atomic E-state index is 13.2. The van der Waals surface area contributed by atoms with Crippen molar-refractivity contribution in [2.75, 3.05) is 18.2 Å². The van der Waals surface area contributed by atoms with E-state index in [0.717, 1.165) is 11.1 Å². The summed E-state index contributed by atoms with van der Waals surface area (Å²) >= 11 is 0. The van der Waals surface area contributed by atoms with Crippen molar-refractivity contribution in [2.45, 2.75) is 13.0 Å². The van der Waals surface area contributed by atoms with Gasteiger partial charge >= 0.3 is 0 Å². The van der Waals surface area contributed by atoms with Crippen molar-refractivity contribution in [1.29, 1.82) is 0 Å². The van der Waals surface area contributed by atoms with Crippen molar-refractivity contribution in [3.63, 3.8) is 0 Å². The Morgan fingerprint density at radius 1 is 1.14 bits per heavy atom. The molecule has 0 spiro atoms. The monoisotopic (exact) mass is 472 g/mol. The normalized spacial score (nSPS) is 12.0. The van der Waals surface area contributed by atoms with Gasteiger partial charge in [-0.25, -0.2) is 13.9 Å². The van der Waals surface area contributed by atoms with Gasteiger partial charge in [-0.15, -0.1) is 5.10 Å². The number of carbonyl (C=O) groups excluding carboxylic acids is 1. The van der Waals surface area contributed by atoms with Crippen LogP contribution in [0.2, 0.25) is 0 Å². The molecule has 1 aromatic carbocycles. The molecule has 11 heteroatoms. The molecule has 3 N–H and O–H groups in total. The van der Waals surface area contributed by atoms with E-state index in [0.29, 0.717) is 16.9 Å². The highest BCUT2D eigenvalue weighted by Gasteiger charge is 2.18. The average molecular weight is 472 g/mol. The van der Waals surface area contributed by atoms with Crippen LogP contribution in [0.1, 0.15) is 28.9 Å². The number of nitrogens with zero attached hydrogens (tertiary/aromatic N) is 6. The first kappa shape index (κ1) is 22.0. The van der Waals surface area contributed by atoms with Crippen molar-refractivity contribution >= 4 is 23.2 Å². The highest BCUT2D eigenvalue weighted by Crippen LogP contribution is 2.26. The second-order valence-electron chi connectivity index (χ2n) is 7.86. The Kier molecular flexibility index (Phi) is 5.57. The van der Waals surface area contributed by atoms with Crippen molar-refractivity contribution in [3.8, 4) is 17.0 Å². The molecule has 0 fully saturated rings. The van der Waals surface area contributed by atoms with Crippen molar-refractivity contribution in [3.05, 3.63) is 84.2 Å². The van der Waals surface area contributed by atoms with Crippen LogP contribution in [0.5, 0.6) is 5.88 Å². The van der Waals surface area contributed by atoms with Crippen LogP contribution in [0.3, 0.4) is 0 Å². The highest BCUT2D eigenvalue weighted by molar-refractivity contribution is 6.06. The van der Waals surface area contributed by atoms with Crippen LogP contribution in [0.25, 0.3) is 16.8 Å². The van der Waals surface area contributed by atoms with Crippen LogP contribution >= 0.6 is 0 Å². The molecule has 35 heavy (non-hydrogen) atoms. The molecule has 4 aromatic heterocycles. The fraction of sp³-hybridized carbons (Fsp3) is 0.125. The predicted octanol–water partition coefficient (Wildman–Crippen LogP) is 3.58. The summed E-state index contributed by atoms with van der Waals surface area (Å²) in [5.41, 5.74) is 9.36. The first-order valence-corrected chi connectivity index (χ1v) is 10.7. The molecule has 0 saturated carbocycles. The third-order valence-corrected chi connectivity index (χ3v) is 5.58. The molecule has 1 amide bonds. The molecule has 5 aromatic rings. The van der Waals surface area contributed by atoms with Gasteiger partial charge in [0.05, 0.1) is 25.0 Å². The number of halogens is 1. The number of nitrogens with one attached hydrogen (secondary N) is 1. The summed E-state index contributed by atoms with van der Waals surface area (Å²) in [4.78, 5) is 21.6. The zero-order chi connectivity index (χ0) is 24.5. The first-order chi connectivity index (χ1) is 16.9. The third kappa shape index (κ3) is 4.38. The molecule has 0 aliphatic rings. The van der Waals surface area contributed by atoms with Gasteiger partial charge in [-0.2, -0.15) is 10.1 Å². The van der Waals surface area contributed by atoms with E-state index >= 15 is 0 Å². The minimum absolute atomic E-state index is 0.151. The number of rotatable bonds is 6. The van der Waals surface area contributed by atoms with E-state index in [-0.39, 0.29) is 29.3 Å². The van der Waals surface area contributed by atoms with E-state index in [4.69, 9.17) is 10.5 Å². The summed E-state index contributed by atoms with van der Waals surface area (Å²) in [7, 11) is 1.45. The quantitative estimate of drug-likeness (QED) is 0.387. The van der Waals surface area contributed by atoms with Crippen LogP contribution in [-0.4, -0.2) is 42.4 Å². The molecule has 1 atom stereocenters. The molecule has 176 valence electrons. The number of methoxy groups -OCH3 is 1. The molecule has 0 radical (unpaired) electrons. The molecular weight excluding hydrogens is 451 g/mol. The van der Waals surface area contributed by atoms with Gasteiger partial charge in [0.25, 0.3) is 5.91 Å². The average Bonchev–Trinajstić information content (AvgIpc) is 3.48. The minimum atomic E-state index is -0.405. The highest BCUT2D eigenvalue weighted by atomic mass is 19.1. The SMILES string of the molecule is COc1ncc(-c2ccn3nc(N)nc3c2)cc1C(=O)Nc1cnn([C@@H](C)c2ccc(F)cc2)c1. The maximum Gasteiger partial charge on any atom is 0.261 e. The second kappa shape index (κ2) is 8.86. The number of nitrogens with two attached hydrogens (primary N) is 1. The first-order valence-electron chi connectivity index (χ1n) is 10.7. The van der Waals surface area contributed by atoms with E-state index in [2.05, 4.69) is 25.5 Å². The summed E-state index contributed by atoms with van der Waals surface area (Å²) in [5, 5.41) is 11.2. The molecule has 0 unspecified atom stereocenters. The molecule has 4 heterocycles. The summed E-state index contributed by atoms with van der Waals surface area (Å²) in [6.45, 7) is 1.93. The number of pyridine rings is 2. The fourth-order valence-electron chi connectivity index (χ4n) is 3.72. The van der Waals surface area contributed by atoms with Gasteiger partial charge in [-0.1, -0.05) is 12.1 Å². The summed E-state index contributed by atoms with van der Waals surface area (Å²) in [6, 6.07) is 11.4. The van der Waals surface area contributed by atoms with Gasteiger partial charge in [0.2, 0.25) is 11.8 Å². The van der Waals surface area contributed by atoms with E-state index < -0.39 is 5.91 Å². The summed E-state index contributed by atoms with van der Waals surface area (Å²) in [5.74, 6) is -0.349. The van der Waals surface area contributed by atoms with Gasteiger partial charge < -0.3 is 15.8 Å². The van der Waals surface area contributed by atoms with E-state index in [1.54, 1.807) is 58.3 Å². The number of fused-ring (bicyclic) bond motifs is 1. The van der Waals surface area contributed by atoms with E-state index in [1.165, 1.54) is 19.2 Å². The predicted molar refractivity (Wildman–Crippen MR) is 128 cm³/mol. The minimum Gasteiger partial charge on any atom is -0.480 e. The fourth-order valence-corrected chi connectivity index (χ4v) is 3.72. The number of hydrogen-bond donors (Lipinski definition) is 2. The molecule has 5 rings (SSSR count). The number of ether oxygens (including phenoxy) is 1. The lowest BCUT2D eigenvalue weighted by Crippen LogP contribution is -2.14. The van der Waals surface area contributed by atoms with Crippen LogP contribution in [0.4, 0.5) is 16.0 Å². The third-order valence-electron chi connectivity index (χ3n) is 5.58.